The van der Waals surface area contributed by atoms with Gasteiger partial charge in [-0.1, -0.05) is 66.2 Å². The maximum atomic E-state index is 5.95. The van der Waals surface area contributed by atoms with E-state index in [1.807, 2.05) is 30.3 Å². The Morgan fingerprint density at radius 1 is 0.808 bits per heavy atom. The topological polar surface area (TPSA) is 24.9 Å². The van der Waals surface area contributed by atoms with Gasteiger partial charge >= 0.3 is 0 Å². The SMILES string of the molecule is Clc1ccc(-c2csc(Nc3ccc(Cc4ccccc4)cc3)n2)cc1. The number of hydrogen-bond donors (Lipinski definition) is 1. The fourth-order valence-electron chi connectivity index (χ4n) is 2.75. The summed E-state index contributed by atoms with van der Waals surface area (Å²) in [5, 5.41) is 7.04. The van der Waals surface area contributed by atoms with Crippen molar-refractivity contribution in [3.8, 4) is 11.3 Å². The molecule has 1 N–H and O–H groups in total. The predicted molar refractivity (Wildman–Crippen MR) is 112 cm³/mol. The standard InChI is InChI=1S/C22H17ClN2S/c23-19-10-8-18(9-11-19)21-15-26-22(25-21)24-20-12-6-17(7-13-20)14-16-4-2-1-3-5-16/h1-13,15H,14H2,(H,24,25). The van der Waals surface area contributed by atoms with Crippen LogP contribution in [0, 0.1) is 0 Å². The summed E-state index contributed by atoms with van der Waals surface area (Å²) in [6.45, 7) is 0. The lowest BCUT2D eigenvalue weighted by molar-refractivity contribution is 1.19. The van der Waals surface area contributed by atoms with E-state index in [0.29, 0.717) is 0 Å². The van der Waals surface area contributed by atoms with E-state index < -0.39 is 0 Å². The maximum Gasteiger partial charge on any atom is 0.187 e. The maximum absolute atomic E-state index is 5.95. The monoisotopic (exact) mass is 376 g/mol. The average molecular weight is 377 g/mol. The van der Waals surface area contributed by atoms with E-state index >= 15 is 0 Å². The molecule has 1 aromatic heterocycles. The molecule has 26 heavy (non-hydrogen) atoms. The molecule has 0 aliphatic heterocycles. The third kappa shape index (κ3) is 4.13. The molecule has 2 nitrogen and oxygen atoms in total. The zero-order valence-corrected chi connectivity index (χ0v) is 15.6. The van der Waals surface area contributed by atoms with Crippen molar-refractivity contribution in [1.29, 1.82) is 0 Å². The van der Waals surface area contributed by atoms with Crippen LogP contribution in [0.1, 0.15) is 11.1 Å². The summed E-state index contributed by atoms with van der Waals surface area (Å²) in [6, 6.07) is 26.7. The molecule has 0 saturated heterocycles. The Bertz CT molecular complexity index is 977. The molecule has 4 rings (SSSR count). The zero-order valence-electron chi connectivity index (χ0n) is 14.0. The van der Waals surface area contributed by atoms with Crippen LogP contribution < -0.4 is 5.32 Å². The van der Waals surface area contributed by atoms with Gasteiger partial charge in [-0.15, -0.1) is 11.3 Å². The number of thiazole rings is 1. The van der Waals surface area contributed by atoms with Crippen LogP contribution in [-0.4, -0.2) is 4.98 Å². The molecular formula is C22H17ClN2S. The summed E-state index contributed by atoms with van der Waals surface area (Å²) in [5.74, 6) is 0. The second-order valence-corrected chi connectivity index (χ2v) is 7.32. The summed E-state index contributed by atoms with van der Waals surface area (Å²) in [4.78, 5) is 4.66. The molecule has 128 valence electrons. The van der Waals surface area contributed by atoms with Gasteiger partial charge in [0.05, 0.1) is 5.69 Å². The number of rotatable bonds is 5. The molecule has 1 heterocycles. The molecule has 3 aromatic carbocycles. The Morgan fingerprint density at radius 2 is 1.50 bits per heavy atom. The number of halogens is 1. The molecule has 4 aromatic rings. The van der Waals surface area contributed by atoms with Crippen molar-refractivity contribution in [1.82, 2.24) is 4.98 Å². The quantitative estimate of drug-likeness (QED) is 0.414. The van der Waals surface area contributed by atoms with Crippen LogP contribution in [-0.2, 0) is 6.42 Å². The fourth-order valence-corrected chi connectivity index (χ4v) is 3.61. The van der Waals surface area contributed by atoms with Gasteiger partial charge in [-0.3, -0.25) is 0 Å². The average Bonchev–Trinajstić information content (AvgIpc) is 3.13. The van der Waals surface area contributed by atoms with Crippen LogP contribution in [0.5, 0.6) is 0 Å². The third-order valence-corrected chi connectivity index (χ3v) is 5.11. The van der Waals surface area contributed by atoms with Gasteiger partial charge in [0.1, 0.15) is 0 Å². The van der Waals surface area contributed by atoms with Gasteiger partial charge in [-0.25, -0.2) is 4.98 Å². The number of anilines is 2. The van der Waals surface area contributed by atoms with Gasteiger partial charge in [0.25, 0.3) is 0 Å². The highest BCUT2D eigenvalue weighted by atomic mass is 35.5. The minimum Gasteiger partial charge on any atom is -0.332 e. The number of nitrogens with zero attached hydrogens (tertiary/aromatic N) is 1. The first-order valence-electron chi connectivity index (χ1n) is 8.38. The lowest BCUT2D eigenvalue weighted by Crippen LogP contribution is -1.92. The third-order valence-electron chi connectivity index (χ3n) is 4.10. The summed E-state index contributed by atoms with van der Waals surface area (Å²) in [5.41, 5.74) is 5.68. The Morgan fingerprint density at radius 3 is 2.23 bits per heavy atom. The smallest absolute Gasteiger partial charge is 0.187 e. The summed E-state index contributed by atoms with van der Waals surface area (Å²) in [6.07, 6.45) is 0.944. The molecule has 0 saturated carbocycles. The van der Waals surface area contributed by atoms with E-state index in [9.17, 15) is 0 Å². The van der Waals surface area contributed by atoms with E-state index in [4.69, 9.17) is 11.6 Å². The summed E-state index contributed by atoms with van der Waals surface area (Å²) in [7, 11) is 0. The van der Waals surface area contributed by atoms with Gasteiger partial charge in [-0.05, 0) is 41.8 Å². The first kappa shape index (κ1) is 16.8. The predicted octanol–water partition coefficient (Wildman–Crippen LogP) is 6.80. The molecular weight excluding hydrogens is 360 g/mol. The van der Waals surface area contributed by atoms with Crippen molar-refractivity contribution in [2.24, 2.45) is 0 Å². The van der Waals surface area contributed by atoms with Crippen LogP contribution in [0.15, 0.2) is 84.2 Å². The molecule has 0 bridgehead atoms. The molecule has 0 radical (unpaired) electrons. The van der Waals surface area contributed by atoms with E-state index in [-0.39, 0.29) is 0 Å². The Kier molecular flexibility index (Phi) is 5.00. The van der Waals surface area contributed by atoms with Crippen molar-refractivity contribution in [2.75, 3.05) is 5.32 Å². The van der Waals surface area contributed by atoms with E-state index in [0.717, 1.165) is 33.5 Å². The molecule has 4 heteroatoms. The summed E-state index contributed by atoms with van der Waals surface area (Å²) >= 11 is 7.54. The van der Waals surface area contributed by atoms with Gasteiger partial charge in [0.15, 0.2) is 5.13 Å². The number of nitrogens with one attached hydrogen (secondary N) is 1. The van der Waals surface area contributed by atoms with Gasteiger partial charge < -0.3 is 5.32 Å². The molecule has 0 aliphatic carbocycles. The number of hydrogen-bond acceptors (Lipinski definition) is 3. The van der Waals surface area contributed by atoms with E-state index in [1.165, 1.54) is 11.1 Å². The normalized spacial score (nSPS) is 10.7. The van der Waals surface area contributed by atoms with Crippen molar-refractivity contribution in [3.05, 3.63) is 100 Å². The number of aromatic nitrogens is 1. The van der Waals surface area contributed by atoms with Crippen LogP contribution in [0.4, 0.5) is 10.8 Å². The van der Waals surface area contributed by atoms with Crippen LogP contribution in [0.25, 0.3) is 11.3 Å². The lowest BCUT2D eigenvalue weighted by Gasteiger charge is -2.05. The van der Waals surface area contributed by atoms with Crippen LogP contribution in [0.3, 0.4) is 0 Å². The second kappa shape index (κ2) is 7.73. The Balaban J connectivity index is 1.44. The molecule has 0 unspecified atom stereocenters. The van der Waals surface area contributed by atoms with E-state index in [2.05, 4.69) is 64.2 Å². The van der Waals surface area contributed by atoms with Crippen molar-refractivity contribution >= 4 is 33.8 Å². The minimum atomic E-state index is 0.734. The first-order chi connectivity index (χ1) is 12.8. The fraction of sp³-hybridized carbons (Fsp3) is 0.0455. The summed E-state index contributed by atoms with van der Waals surface area (Å²) < 4.78 is 0. The van der Waals surface area contributed by atoms with Crippen molar-refractivity contribution in [2.45, 2.75) is 6.42 Å². The molecule has 0 amide bonds. The largest absolute Gasteiger partial charge is 0.332 e. The Labute approximate surface area is 162 Å². The highest BCUT2D eigenvalue weighted by molar-refractivity contribution is 7.14. The minimum absolute atomic E-state index is 0.734. The van der Waals surface area contributed by atoms with Gasteiger partial charge in [-0.2, -0.15) is 0 Å². The lowest BCUT2D eigenvalue weighted by atomic mass is 10.1. The molecule has 0 fully saturated rings. The van der Waals surface area contributed by atoms with Crippen LogP contribution >= 0.6 is 22.9 Å². The Hall–Kier alpha value is -2.62. The zero-order chi connectivity index (χ0) is 17.8. The molecule has 0 atom stereocenters. The first-order valence-corrected chi connectivity index (χ1v) is 9.63. The van der Waals surface area contributed by atoms with Crippen molar-refractivity contribution in [3.63, 3.8) is 0 Å². The highest BCUT2D eigenvalue weighted by Crippen LogP contribution is 2.28. The molecule has 0 spiro atoms. The highest BCUT2D eigenvalue weighted by Gasteiger charge is 2.05. The van der Waals surface area contributed by atoms with Gasteiger partial charge in [0, 0.05) is 21.7 Å². The number of benzene rings is 3. The molecule has 0 aliphatic rings. The van der Waals surface area contributed by atoms with Crippen LogP contribution in [0.2, 0.25) is 5.02 Å². The second-order valence-electron chi connectivity index (χ2n) is 6.03. The van der Waals surface area contributed by atoms with Crippen molar-refractivity contribution < 1.29 is 0 Å². The van der Waals surface area contributed by atoms with E-state index in [1.54, 1.807) is 11.3 Å². The van der Waals surface area contributed by atoms with Gasteiger partial charge in [0.2, 0.25) is 0 Å².